The second-order valence-electron chi connectivity index (χ2n) is 6.98. The first-order valence-corrected chi connectivity index (χ1v) is 10.9. The second-order valence-corrected chi connectivity index (χ2v) is 9.02. The summed E-state index contributed by atoms with van der Waals surface area (Å²) in [6.07, 6.45) is 4.31. The number of aromatic amines is 1. The van der Waals surface area contributed by atoms with E-state index in [0.717, 1.165) is 46.3 Å². The third-order valence-electron chi connectivity index (χ3n) is 4.65. The number of hydrogen-bond acceptors (Lipinski definition) is 5. The van der Waals surface area contributed by atoms with E-state index < -0.39 is 0 Å². The summed E-state index contributed by atoms with van der Waals surface area (Å²) in [5.41, 5.74) is 4.10. The number of aryl methyl sites for hydroxylation is 4. The summed E-state index contributed by atoms with van der Waals surface area (Å²) in [4.78, 5) is 34.3. The predicted molar refractivity (Wildman–Crippen MR) is 112 cm³/mol. The number of fused-ring (bicyclic) bond motifs is 3. The number of benzene rings is 1. The molecule has 0 aliphatic heterocycles. The monoisotopic (exact) mass is 399 g/mol. The Hall–Kier alpha value is -2.12. The minimum Gasteiger partial charge on any atom is -0.325 e. The van der Waals surface area contributed by atoms with Crippen LogP contribution in [0.25, 0.3) is 10.2 Å². The largest absolute Gasteiger partial charge is 0.325 e. The van der Waals surface area contributed by atoms with Crippen molar-refractivity contribution in [1.82, 2.24) is 9.97 Å². The van der Waals surface area contributed by atoms with Crippen LogP contribution in [0, 0.1) is 13.8 Å². The number of hydrogen-bond donors (Lipinski definition) is 2. The Balaban J connectivity index is 1.48. The van der Waals surface area contributed by atoms with Gasteiger partial charge in [0.15, 0.2) is 5.16 Å². The maximum atomic E-state index is 12.5. The summed E-state index contributed by atoms with van der Waals surface area (Å²) in [5, 5.41) is 4.16. The van der Waals surface area contributed by atoms with E-state index in [-0.39, 0.29) is 17.2 Å². The average Bonchev–Trinajstić information content (AvgIpc) is 2.98. The molecule has 1 aromatic carbocycles. The quantitative estimate of drug-likeness (QED) is 0.509. The SMILES string of the molecule is Cc1cc(C)cc(NC(=O)CSc2nc3sc4c(c3c(=O)[nH]2)CCCC4)c1. The van der Waals surface area contributed by atoms with Gasteiger partial charge >= 0.3 is 0 Å². The minimum atomic E-state index is -0.113. The van der Waals surface area contributed by atoms with Gasteiger partial charge in [0.25, 0.3) is 5.56 Å². The zero-order valence-electron chi connectivity index (χ0n) is 15.3. The molecule has 140 valence electrons. The topological polar surface area (TPSA) is 74.8 Å². The molecule has 0 atom stereocenters. The van der Waals surface area contributed by atoms with Crippen molar-refractivity contribution in [2.75, 3.05) is 11.1 Å². The molecule has 2 aromatic heterocycles. The van der Waals surface area contributed by atoms with Crippen molar-refractivity contribution in [2.24, 2.45) is 0 Å². The van der Waals surface area contributed by atoms with Crippen LogP contribution in [0.5, 0.6) is 0 Å². The Kier molecular flexibility index (Phi) is 5.06. The van der Waals surface area contributed by atoms with Crippen LogP contribution < -0.4 is 10.9 Å². The molecule has 2 N–H and O–H groups in total. The van der Waals surface area contributed by atoms with Crippen LogP contribution >= 0.6 is 23.1 Å². The lowest BCUT2D eigenvalue weighted by Crippen LogP contribution is -2.16. The van der Waals surface area contributed by atoms with Gasteiger partial charge in [0.05, 0.1) is 11.1 Å². The average molecular weight is 400 g/mol. The predicted octanol–water partition coefficient (Wildman–Crippen LogP) is 4.21. The molecule has 4 rings (SSSR count). The highest BCUT2D eigenvalue weighted by Gasteiger charge is 2.20. The van der Waals surface area contributed by atoms with E-state index in [9.17, 15) is 9.59 Å². The molecular formula is C20H21N3O2S2. The smallest absolute Gasteiger partial charge is 0.260 e. The lowest BCUT2D eigenvalue weighted by Gasteiger charge is -2.09. The summed E-state index contributed by atoms with van der Waals surface area (Å²) >= 11 is 2.88. The molecule has 3 aromatic rings. The summed E-state index contributed by atoms with van der Waals surface area (Å²) in [6, 6.07) is 5.95. The molecule has 0 spiro atoms. The van der Waals surface area contributed by atoms with Crippen LogP contribution in [0.3, 0.4) is 0 Å². The summed E-state index contributed by atoms with van der Waals surface area (Å²) < 4.78 is 0. The highest BCUT2D eigenvalue weighted by Crippen LogP contribution is 2.34. The Morgan fingerprint density at radius 3 is 2.74 bits per heavy atom. The molecule has 2 heterocycles. The van der Waals surface area contributed by atoms with Gasteiger partial charge in [0, 0.05) is 10.6 Å². The van der Waals surface area contributed by atoms with E-state index in [4.69, 9.17) is 0 Å². The van der Waals surface area contributed by atoms with Gasteiger partial charge in [-0.1, -0.05) is 17.8 Å². The zero-order chi connectivity index (χ0) is 19.0. The molecule has 0 saturated carbocycles. The number of thiophene rings is 1. The normalized spacial score (nSPS) is 13.6. The van der Waals surface area contributed by atoms with Crippen molar-refractivity contribution in [1.29, 1.82) is 0 Å². The lowest BCUT2D eigenvalue weighted by atomic mass is 9.97. The fraction of sp³-hybridized carbons (Fsp3) is 0.350. The number of carbonyl (C=O) groups excluding carboxylic acids is 1. The van der Waals surface area contributed by atoms with Crippen molar-refractivity contribution >= 4 is 44.9 Å². The first-order chi connectivity index (χ1) is 13.0. The van der Waals surface area contributed by atoms with Crippen LogP contribution in [0.4, 0.5) is 5.69 Å². The number of nitrogens with one attached hydrogen (secondary N) is 2. The Labute approximate surface area is 165 Å². The van der Waals surface area contributed by atoms with Crippen LogP contribution in [0.2, 0.25) is 0 Å². The molecule has 27 heavy (non-hydrogen) atoms. The fourth-order valence-corrected chi connectivity index (χ4v) is 5.57. The number of carbonyl (C=O) groups is 1. The lowest BCUT2D eigenvalue weighted by molar-refractivity contribution is -0.113. The maximum absolute atomic E-state index is 12.5. The molecule has 0 saturated heterocycles. The van der Waals surface area contributed by atoms with E-state index in [1.807, 2.05) is 26.0 Å². The molecule has 0 fully saturated rings. The summed E-state index contributed by atoms with van der Waals surface area (Å²) in [7, 11) is 0. The number of nitrogens with zero attached hydrogens (tertiary/aromatic N) is 1. The van der Waals surface area contributed by atoms with Crippen LogP contribution in [0.15, 0.2) is 28.2 Å². The third-order valence-corrected chi connectivity index (χ3v) is 6.71. The first-order valence-electron chi connectivity index (χ1n) is 9.05. The maximum Gasteiger partial charge on any atom is 0.260 e. The van der Waals surface area contributed by atoms with E-state index in [1.165, 1.54) is 28.6 Å². The number of thioether (sulfide) groups is 1. The van der Waals surface area contributed by atoms with Crippen molar-refractivity contribution in [3.63, 3.8) is 0 Å². The Morgan fingerprint density at radius 2 is 1.96 bits per heavy atom. The van der Waals surface area contributed by atoms with E-state index >= 15 is 0 Å². The Morgan fingerprint density at radius 1 is 1.22 bits per heavy atom. The van der Waals surface area contributed by atoms with Crippen molar-refractivity contribution < 1.29 is 4.79 Å². The molecule has 0 bridgehead atoms. The molecule has 7 heteroatoms. The second kappa shape index (κ2) is 7.48. The molecule has 1 amide bonds. The number of amides is 1. The van der Waals surface area contributed by atoms with Gasteiger partial charge in [-0.3, -0.25) is 9.59 Å². The number of anilines is 1. The van der Waals surface area contributed by atoms with Crippen molar-refractivity contribution in [3.8, 4) is 0 Å². The molecule has 0 unspecified atom stereocenters. The molecule has 5 nitrogen and oxygen atoms in total. The van der Waals surface area contributed by atoms with Gasteiger partial charge in [-0.2, -0.15) is 0 Å². The van der Waals surface area contributed by atoms with E-state index in [1.54, 1.807) is 11.3 Å². The molecule has 0 radical (unpaired) electrons. The van der Waals surface area contributed by atoms with Crippen LogP contribution in [-0.2, 0) is 17.6 Å². The number of rotatable bonds is 4. The van der Waals surface area contributed by atoms with Gasteiger partial charge in [-0.15, -0.1) is 11.3 Å². The summed E-state index contributed by atoms with van der Waals surface area (Å²) in [6.45, 7) is 4.00. The van der Waals surface area contributed by atoms with Crippen LogP contribution in [0.1, 0.15) is 34.4 Å². The van der Waals surface area contributed by atoms with Gasteiger partial charge in [-0.05, 0) is 68.4 Å². The summed E-state index contributed by atoms with van der Waals surface area (Å²) in [5.74, 6) is 0.0882. The number of H-pyrrole nitrogens is 1. The van der Waals surface area contributed by atoms with Gasteiger partial charge in [0.2, 0.25) is 5.91 Å². The van der Waals surface area contributed by atoms with Crippen LogP contribution in [-0.4, -0.2) is 21.6 Å². The molecule has 1 aliphatic carbocycles. The van der Waals surface area contributed by atoms with Gasteiger partial charge in [0.1, 0.15) is 4.83 Å². The van der Waals surface area contributed by atoms with Crippen molar-refractivity contribution in [2.45, 2.75) is 44.7 Å². The highest BCUT2D eigenvalue weighted by atomic mass is 32.2. The fourth-order valence-electron chi connectivity index (χ4n) is 3.59. The molecular weight excluding hydrogens is 378 g/mol. The zero-order valence-corrected chi connectivity index (χ0v) is 17.0. The Bertz CT molecular complexity index is 1060. The van der Waals surface area contributed by atoms with E-state index in [0.29, 0.717) is 5.16 Å². The number of aromatic nitrogens is 2. The highest BCUT2D eigenvalue weighted by molar-refractivity contribution is 7.99. The molecule has 1 aliphatic rings. The van der Waals surface area contributed by atoms with E-state index in [2.05, 4.69) is 21.4 Å². The van der Waals surface area contributed by atoms with Crippen molar-refractivity contribution in [3.05, 3.63) is 50.1 Å². The van der Waals surface area contributed by atoms with Gasteiger partial charge < -0.3 is 10.3 Å². The minimum absolute atomic E-state index is 0.0865. The van der Waals surface area contributed by atoms with Gasteiger partial charge in [-0.25, -0.2) is 4.98 Å². The third kappa shape index (κ3) is 3.94. The standard InChI is InChI=1S/C20H21N3O2S2/c1-11-7-12(2)9-13(8-11)21-16(24)10-26-20-22-18(25)17-14-5-3-4-6-15(14)27-19(17)23-20/h7-9H,3-6,10H2,1-2H3,(H,21,24)(H,22,23,25). The first kappa shape index (κ1) is 18.3.